The summed E-state index contributed by atoms with van der Waals surface area (Å²) in [6, 6.07) is 12.9. The zero-order valence-electron chi connectivity index (χ0n) is 10.7. The molecule has 0 bridgehead atoms. The molecule has 0 radical (unpaired) electrons. The van der Waals surface area contributed by atoms with E-state index in [4.69, 9.17) is 12.3 Å². The second-order valence-corrected chi connectivity index (χ2v) is 5.48. The number of hydrogen-bond donors (Lipinski definition) is 2. The molecule has 0 aliphatic carbocycles. The molecule has 2 aromatic rings. The van der Waals surface area contributed by atoms with Crippen molar-refractivity contribution in [2.24, 2.45) is 5.84 Å². The molecule has 2 aromatic carbocycles. The van der Waals surface area contributed by atoms with Crippen molar-refractivity contribution in [3.8, 4) is 12.3 Å². The van der Waals surface area contributed by atoms with Gasteiger partial charge in [0, 0.05) is 16.9 Å². The third-order valence-electron chi connectivity index (χ3n) is 3.24. The summed E-state index contributed by atoms with van der Waals surface area (Å²) in [7, 11) is 0. The molecule has 19 heavy (non-hydrogen) atoms. The number of hydrazine groups is 1. The maximum atomic E-state index is 5.65. The molecular weight excluding hydrogens is 300 g/mol. The molecule has 3 N–H and O–H groups in total. The van der Waals surface area contributed by atoms with Crippen molar-refractivity contribution >= 4 is 26.7 Å². The molecule has 1 atom stereocenters. The molecule has 2 nitrogen and oxygen atoms in total. The van der Waals surface area contributed by atoms with Crippen LogP contribution in [0.3, 0.4) is 0 Å². The number of halogens is 1. The van der Waals surface area contributed by atoms with Gasteiger partial charge >= 0.3 is 0 Å². The lowest BCUT2D eigenvalue weighted by atomic mass is 9.98. The predicted octanol–water partition coefficient (Wildman–Crippen LogP) is 3.91. The number of unbranched alkanes of at least 4 members (excludes halogenated alkanes) is 1. The lowest BCUT2D eigenvalue weighted by Crippen LogP contribution is -2.27. The summed E-state index contributed by atoms with van der Waals surface area (Å²) < 4.78 is 1.09. The second-order valence-electron chi connectivity index (χ2n) is 4.57. The molecule has 98 valence electrons. The van der Waals surface area contributed by atoms with E-state index in [1.165, 1.54) is 16.3 Å². The van der Waals surface area contributed by atoms with Crippen molar-refractivity contribution in [2.75, 3.05) is 0 Å². The Morgan fingerprint density at radius 2 is 1.95 bits per heavy atom. The van der Waals surface area contributed by atoms with Crippen molar-refractivity contribution < 1.29 is 0 Å². The van der Waals surface area contributed by atoms with Gasteiger partial charge in [-0.1, -0.05) is 34.1 Å². The third-order valence-corrected chi connectivity index (χ3v) is 3.74. The minimum absolute atomic E-state index is 0.154. The molecule has 0 aliphatic rings. The molecule has 0 aromatic heterocycles. The van der Waals surface area contributed by atoms with Crippen LogP contribution < -0.4 is 11.3 Å². The van der Waals surface area contributed by atoms with Crippen LogP contribution in [0, 0.1) is 12.3 Å². The van der Waals surface area contributed by atoms with Gasteiger partial charge in [0.1, 0.15) is 0 Å². The Kier molecular flexibility index (Phi) is 4.98. The number of rotatable bonds is 5. The Morgan fingerprint density at radius 1 is 1.21 bits per heavy atom. The van der Waals surface area contributed by atoms with Gasteiger partial charge in [-0.3, -0.25) is 11.3 Å². The van der Waals surface area contributed by atoms with E-state index in [1.807, 2.05) is 0 Å². The van der Waals surface area contributed by atoms with Gasteiger partial charge in [0.25, 0.3) is 0 Å². The standard InChI is InChI=1S/C16H17BrN2/c1-2-3-4-5-16(19-18)14-7-6-13-11-15(17)9-8-12(13)10-14/h1,6-11,16,19H,3-5,18H2. The van der Waals surface area contributed by atoms with E-state index < -0.39 is 0 Å². The number of terminal acetylenes is 1. The third kappa shape index (κ3) is 3.57. The van der Waals surface area contributed by atoms with Gasteiger partial charge in [0.15, 0.2) is 0 Å². The lowest BCUT2D eigenvalue weighted by molar-refractivity contribution is 0.503. The number of nitrogens with one attached hydrogen (secondary N) is 1. The van der Waals surface area contributed by atoms with E-state index in [-0.39, 0.29) is 6.04 Å². The average molecular weight is 317 g/mol. The Labute approximate surface area is 122 Å². The van der Waals surface area contributed by atoms with Gasteiger partial charge in [0.2, 0.25) is 0 Å². The first kappa shape index (κ1) is 14.1. The van der Waals surface area contributed by atoms with Gasteiger partial charge in [-0.2, -0.15) is 0 Å². The highest BCUT2D eigenvalue weighted by molar-refractivity contribution is 9.10. The first-order valence-corrected chi connectivity index (χ1v) is 7.12. The first-order valence-electron chi connectivity index (χ1n) is 6.33. The molecule has 0 heterocycles. The van der Waals surface area contributed by atoms with Crippen LogP contribution in [0.15, 0.2) is 40.9 Å². The quantitative estimate of drug-likeness (QED) is 0.380. The molecule has 0 spiro atoms. The summed E-state index contributed by atoms with van der Waals surface area (Å²) in [5, 5.41) is 2.44. The molecular formula is C16H17BrN2. The van der Waals surface area contributed by atoms with E-state index in [0.717, 1.165) is 23.7 Å². The second kappa shape index (κ2) is 6.72. The summed E-state index contributed by atoms with van der Waals surface area (Å²) in [5.74, 6) is 8.31. The molecule has 0 amide bonds. The molecule has 1 unspecified atom stereocenters. The molecule has 0 aliphatic heterocycles. The van der Waals surface area contributed by atoms with Crippen LogP contribution in [0.1, 0.15) is 30.9 Å². The van der Waals surface area contributed by atoms with Crippen LogP contribution in [-0.2, 0) is 0 Å². The lowest BCUT2D eigenvalue weighted by Gasteiger charge is -2.16. The fourth-order valence-corrected chi connectivity index (χ4v) is 2.59. The van der Waals surface area contributed by atoms with Crippen LogP contribution >= 0.6 is 15.9 Å². The Hall–Kier alpha value is -1.34. The highest BCUT2D eigenvalue weighted by Crippen LogP contribution is 2.25. The van der Waals surface area contributed by atoms with Crippen LogP contribution in [0.25, 0.3) is 10.8 Å². The van der Waals surface area contributed by atoms with Crippen LogP contribution in [0.4, 0.5) is 0 Å². The summed E-state index contributed by atoms with van der Waals surface area (Å²) in [6.45, 7) is 0. The molecule has 0 saturated heterocycles. The topological polar surface area (TPSA) is 38.0 Å². The largest absolute Gasteiger partial charge is 0.271 e. The summed E-state index contributed by atoms with van der Waals surface area (Å²) >= 11 is 3.48. The fourth-order valence-electron chi connectivity index (χ4n) is 2.21. The number of hydrogen-bond acceptors (Lipinski definition) is 2. The van der Waals surface area contributed by atoms with E-state index in [1.54, 1.807) is 0 Å². The Balaban J connectivity index is 2.23. The highest BCUT2D eigenvalue weighted by Gasteiger charge is 2.09. The number of benzene rings is 2. The monoisotopic (exact) mass is 316 g/mol. The maximum absolute atomic E-state index is 5.65. The van der Waals surface area contributed by atoms with Crippen LogP contribution in [-0.4, -0.2) is 0 Å². The molecule has 0 saturated carbocycles. The summed E-state index contributed by atoms with van der Waals surface area (Å²) in [4.78, 5) is 0. The van der Waals surface area contributed by atoms with Gasteiger partial charge in [0.05, 0.1) is 0 Å². The zero-order chi connectivity index (χ0) is 13.7. The van der Waals surface area contributed by atoms with Crippen molar-refractivity contribution in [2.45, 2.75) is 25.3 Å². The Morgan fingerprint density at radius 3 is 2.68 bits per heavy atom. The Bertz CT molecular complexity index is 601. The van der Waals surface area contributed by atoms with Gasteiger partial charge in [-0.15, -0.1) is 12.3 Å². The van der Waals surface area contributed by atoms with E-state index in [9.17, 15) is 0 Å². The highest BCUT2D eigenvalue weighted by atomic mass is 79.9. The van der Waals surface area contributed by atoms with E-state index in [2.05, 4.69) is 63.7 Å². The first-order chi connectivity index (χ1) is 9.24. The number of nitrogens with two attached hydrogens (primary N) is 1. The van der Waals surface area contributed by atoms with Crippen molar-refractivity contribution in [1.29, 1.82) is 0 Å². The van der Waals surface area contributed by atoms with Gasteiger partial charge in [-0.05, 0) is 47.4 Å². The smallest absolute Gasteiger partial charge is 0.0460 e. The zero-order valence-corrected chi connectivity index (χ0v) is 12.3. The normalized spacial score (nSPS) is 12.3. The van der Waals surface area contributed by atoms with Crippen molar-refractivity contribution in [3.63, 3.8) is 0 Å². The van der Waals surface area contributed by atoms with Crippen LogP contribution in [0.5, 0.6) is 0 Å². The van der Waals surface area contributed by atoms with Gasteiger partial charge in [-0.25, -0.2) is 0 Å². The molecule has 0 fully saturated rings. The molecule has 2 rings (SSSR count). The predicted molar refractivity (Wildman–Crippen MR) is 84.4 cm³/mol. The van der Waals surface area contributed by atoms with Crippen molar-refractivity contribution in [1.82, 2.24) is 5.43 Å². The summed E-state index contributed by atoms with van der Waals surface area (Å²) in [5.41, 5.74) is 4.08. The summed E-state index contributed by atoms with van der Waals surface area (Å²) in [6.07, 6.45) is 7.99. The van der Waals surface area contributed by atoms with E-state index >= 15 is 0 Å². The SMILES string of the molecule is C#CCCCC(NN)c1ccc2cc(Br)ccc2c1. The minimum atomic E-state index is 0.154. The van der Waals surface area contributed by atoms with Gasteiger partial charge < -0.3 is 0 Å². The molecule has 3 heteroatoms. The number of fused-ring (bicyclic) bond motifs is 1. The minimum Gasteiger partial charge on any atom is -0.271 e. The maximum Gasteiger partial charge on any atom is 0.0460 e. The van der Waals surface area contributed by atoms with Crippen LogP contribution in [0.2, 0.25) is 0 Å². The average Bonchev–Trinajstić information content (AvgIpc) is 2.43. The van der Waals surface area contributed by atoms with E-state index in [0.29, 0.717) is 0 Å². The fraction of sp³-hybridized carbons (Fsp3) is 0.250. The van der Waals surface area contributed by atoms with Crippen molar-refractivity contribution in [3.05, 3.63) is 46.4 Å².